The highest BCUT2D eigenvalue weighted by Crippen LogP contribution is 2.18. The van der Waals surface area contributed by atoms with Crippen LogP contribution in [0, 0.1) is 5.82 Å². The van der Waals surface area contributed by atoms with E-state index in [-0.39, 0.29) is 24.0 Å². The molecule has 26 heavy (non-hydrogen) atoms. The second-order valence-electron chi connectivity index (χ2n) is 5.91. The molecule has 2 heterocycles. The molecule has 0 aliphatic carbocycles. The summed E-state index contributed by atoms with van der Waals surface area (Å²) in [5.74, 6) is -0.588. The van der Waals surface area contributed by atoms with Crippen LogP contribution in [0.4, 0.5) is 9.18 Å². The number of urea groups is 1. The number of hydrogen-bond donors (Lipinski definition) is 1. The number of sulfonamides is 1. The van der Waals surface area contributed by atoms with Gasteiger partial charge in [-0.1, -0.05) is 12.1 Å². The van der Waals surface area contributed by atoms with Gasteiger partial charge in [-0.3, -0.25) is 0 Å². The molecule has 1 aromatic carbocycles. The Balaban J connectivity index is 1.51. The average molecular weight is 397 g/mol. The second kappa shape index (κ2) is 8.15. The lowest BCUT2D eigenvalue weighted by Crippen LogP contribution is -2.53. The zero-order chi connectivity index (χ0) is 18.6. The number of piperazine rings is 1. The maximum absolute atomic E-state index is 13.3. The molecule has 1 aliphatic heterocycles. The van der Waals surface area contributed by atoms with E-state index in [9.17, 15) is 17.6 Å². The Morgan fingerprint density at radius 1 is 1.15 bits per heavy atom. The third-order valence-corrected chi connectivity index (χ3v) is 7.02. The normalized spacial score (nSPS) is 15.8. The number of thiophene rings is 1. The molecule has 0 saturated carbocycles. The molecule has 1 saturated heterocycles. The van der Waals surface area contributed by atoms with Crippen LogP contribution in [0.3, 0.4) is 0 Å². The van der Waals surface area contributed by atoms with Gasteiger partial charge in [-0.2, -0.15) is 4.31 Å². The molecule has 0 unspecified atom stereocenters. The molecule has 0 atom stereocenters. The summed E-state index contributed by atoms with van der Waals surface area (Å²) in [6, 6.07) is 8.77. The molecule has 1 fully saturated rings. The number of halogens is 1. The van der Waals surface area contributed by atoms with E-state index in [2.05, 4.69) is 5.32 Å². The summed E-state index contributed by atoms with van der Waals surface area (Å²) in [6.07, 6.45) is 0.775. The smallest absolute Gasteiger partial charge is 0.317 e. The van der Waals surface area contributed by atoms with E-state index < -0.39 is 15.8 Å². The number of carbonyl (C=O) groups is 1. The van der Waals surface area contributed by atoms with Crippen LogP contribution in [0.2, 0.25) is 0 Å². The molecule has 2 aromatic rings. The van der Waals surface area contributed by atoms with Crippen LogP contribution in [-0.2, 0) is 16.4 Å². The summed E-state index contributed by atoms with van der Waals surface area (Å²) < 4.78 is 39.7. The lowest BCUT2D eigenvalue weighted by Gasteiger charge is -2.34. The molecular weight excluding hydrogens is 377 g/mol. The van der Waals surface area contributed by atoms with Gasteiger partial charge in [-0.15, -0.1) is 11.3 Å². The van der Waals surface area contributed by atoms with E-state index in [4.69, 9.17) is 0 Å². The van der Waals surface area contributed by atoms with E-state index in [1.54, 1.807) is 16.2 Å². The van der Waals surface area contributed by atoms with Crippen molar-refractivity contribution >= 4 is 27.4 Å². The molecular formula is C17H20FN3O3S2. The molecule has 3 rings (SSSR count). The predicted molar refractivity (Wildman–Crippen MR) is 98.2 cm³/mol. The Labute approximate surface area is 156 Å². The van der Waals surface area contributed by atoms with Gasteiger partial charge >= 0.3 is 6.03 Å². The number of carbonyl (C=O) groups excluding carboxylic acids is 1. The first-order valence-corrected chi connectivity index (χ1v) is 10.6. The summed E-state index contributed by atoms with van der Waals surface area (Å²) in [7, 11) is -3.74. The fourth-order valence-corrected chi connectivity index (χ4v) is 4.93. The number of rotatable bonds is 5. The van der Waals surface area contributed by atoms with Crippen molar-refractivity contribution in [2.24, 2.45) is 0 Å². The summed E-state index contributed by atoms with van der Waals surface area (Å²) in [6.45, 7) is 1.54. The van der Waals surface area contributed by atoms with Crippen LogP contribution < -0.4 is 5.32 Å². The molecule has 0 spiro atoms. The van der Waals surface area contributed by atoms with Gasteiger partial charge < -0.3 is 10.2 Å². The molecule has 1 N–H and O–H groups in total. The van der Waals surface area contributed by atoms with Crippen molar-refractivity contribution in [3.05, 3.63) is 52.5 Å². The first-order chi connectivity index (χ1) is 12.5. The van der Waals surface area contributed by atoms with Crippen LogP contribution in [0.1, 0.15) is 4.88 Å². The van der Waals surface area contributed by atoms with E-state index in [1.165, 1.54) is 27.4 Å². The highest BCUT2D eigenvalue weighted by Gasteiger charge is 2.30. The second-order valence-corrected chi connectivity index (χ2v) is 8.88. The van der Waals surface area contributed by atoms with Gasteiger partial charge in [0, 0.05) is 37.6 Å². The van der Waals surface area contributed by atoms with Gasteiger partial charge in [-0.25, -0.2) is 17.6 Å². The highest BCUT2D eigenvalue weighted by molar-refractivity contribution is 7.89. The maximum atomic E-state index is 13.3. The third kappa shape index (κ3) is 4.40. The summed E-state index contributed by atoms with van der Waals surface area (Å²) >= 11 is 1.65. The molecule has 1 aliphatic rings. The van der Waals surface area contributed by atoms with E-state index in [0.29, 0.717) is 19.6 Å². The summed E-state index contributed by atoms with van der Waals surface area (Å²) in [5, 5.41) is 4.85. The van der Waals surface area contributed by atoms with Crippen LogP contribution >= 0.6 is 11.3 Å². The van der Waals surface area contributed by atoms with E-state index in [0.717, 1.165) is 12.5 Å². The van der Waals surface area contributed by atoms with Gasteiger partial charge in [-0.05, 0) is 36.1 Å². The Kier molecular flexibility index (Phi) is 5.90. The van der Waals surface area contributed by atoms with Crippen LogP contribution in [0.15, 0.2) is 46.7 Å². The molecule has 0 radical (unpaired) electrons. The van der Waals surface area contributed by atoms with Crippen LogP contribution in [0.5, 0.6) is 0 Å². The van der Waals surface area contributed by atoms with Crippen molar-refractivity contribution in [3.63, 3.8) is 0 Å². The monoisotopic (exact) mass is 397 g/mol. The van der Waals surface area contributed by atoms with Gasteiger partial charge in [0.15, 0.2) is 0 Å². The van der Waals surface area contributed by atoms with E-state index >= 15 is 0 Å². The summed E-state index contributed by atoms with van der Waals surface area (Å²) in [4.78, 5) is 14.9. The van der Waals surface area contributed by atoms with Crippen LogP contribution in [-0.4, -0.2) is 56.4 Å². The van der Waals surface area contributed by atoms with Crippen molar-refractivity contribution in [2.75, 3.05) is 32.7 Å². The fraction of sp³-hybridized carbons (Fsp3) is 0.353. The highest BCUT2D eigenvalue weighted by atomic mass is 32.2. The minimum absolute atomic E-state index is 0.0636. The molecule has 2 amide bonds. The number of nitrogens with zero attached hydrogens (tertiary/aromatic N) is 2. The number of hydrogen-bond acceptors (Lipinski definition) is 4. The largest absolute Gasteiger partial charge is 0.338 e. The zero-order valence-corrected chi connectivity index (χ0v) is 15.7. The molecule has 0 bridgehead atoms. The van der Waals surface area contributed by atoms with Gasteiger partial charge in [0.05, 0.1) is 4.90 Å². The Morgan fingerprint density at radius 2 is 1.92 bits per heavy atom. The summed E-state index contributed by atoms with van der Waals surface area (Å²) in [5.41, 5.74) is 0. The minimum Gasteiger partial charge on any atom is -0.338 e. The van der Waals surface area contributed by atoms with Crippen molar-refractivity contribution in [1.82, 2.24) is 14.5 Å². The van der Waals surface area contributed by atoms with Crippen LogP contribution in [0.25, 0.3) is 0 Å². The average Bonchev–Trinajstić information content (AvgIpc) is 3.15. The van der Waals surface area contributed by atoms with Gasteiger partial charge in [0.25, 0.3) is 0 Å². The lowest BCUT2D eigenvalue weighted by atomic mass is 10.3. The Hall–Kier alpha value is -1.97. The van der Waals surface area contributed by atoms with Crippen molar-refractivity contribution in [2.45, 2.75) is 11.3 Å². The maximum Gasteiger partial charge on any atom is 0.317 e. The number of amides is 2. The third-order valence-electron chi connectivity index (χ3n) is 4.19. The lowest BCUT2D eigenvalue weighted by molar-refractivity contribution is 0.172. The fourth-order valence-electron chi connectivity index (χ4n) is 2.77. The first-order valence-electron chi connectivity index (χ1n) is 8.28. The minimum atomic E-state index is -3.74. The van der Waals surface area contributed by atoms with E-state index in [1.807, 2.05) is 17.5 Å². The first kappa shape index (κ1) is 18.8. The molecule has 6 nitrogen and oxygen atoms in total. The van der Waals surface area contributed by atoms with Gasteiger partial charge in [0.1, 0.15) is 5.82 Å². The standard InChI is InChI=1S/C17H20FN3O3S2/c18-14-3-1-5-16(13-14)26(23,24)21-10-8-20(9-11-21)17(22)19-7-6-15-4-2-12-25-15/h1-5,12-13H,6-11H2,(H,19,22). The Bertz CT molecular complexity index is 848. The topological polar surface area (TPSA) is 69.7 Å². The quantitative estimate of drug-likeness (QED) is 0.841. The Morgan fingerprint density at radius 3 is 2.58 bits per heavy atom. The molecule has 140 valence electrons. The van der Waals surface area contributed by atoms with Crippen molar-refractivity contribution in [3.8, 4) is 0 Å². The number of benzene rings is 1. The van der Waals surface area contributed by atoms with Crippen molar-refractivity contribution < 1.29 is 17.6 Å². The predicted octanol–water partition coefficient (Wildman–Crippen LogP) is 2.15. The molecule has 9 heteroatoms. The molecule has 1 aromatic heterocycles. The SMILES string of the molecule is O=C(NCCc1cccs1)N1CCN(S(=O)(=O)c2cccc(F)c2)CC1. The van der Waals surface area contributed by atoms with Gasteiger partial charge in [0.2, 0.25) is 10.0 Å². The van der Waals surface area contributed by atoms with Crippen molar-refractivity contribution in [1.29, 1.82) is 0 Å². The zero-order valence-electron chi connectivity index (χ0n) is 14.1. The number of nitrogens with one attached hydrogen (secondary N) is 1.